The van der Waals surface area contributed by atoms with Gasteiger partial charge in [0.25, 0.3) is 0 Å². The predicted molar refractivity (Wildman–Crippen MR) is 120 cm³/mol. The highest BCUT2D eigenvalue weighted by atomic mass is 32.2. The van der Waals surface area contributed by atoms with Crippen molar-refractivity contribution in [1.29, 1.82) is 0 Å². The van der Waals surface area contributed by atoms with Crippen LogP contribution < -0.4 is 4.18 Å². The summed E-state index contributed by atoms with van der Waals surface area (Å²) in [6.07, 6.45) is 7.05. The summed E-state index contributed by atoms with van der Waals surface area (Å²) < 4.78 is 56.3. The quantitative estimate of drug-likeness (QED) is 0.519. The molecule has 0 amide bonds. The van der Waals surface area contributed by atoms with E-state index in [-0.39, 0.29) is 10.8 Å². The molecule has 0 saturated heterocycles. The Labute approximate surface area is 189 Å². The predicted octanol–water partition coefficient (Wildman–Crippen LogP) is 6.12. The van der Waals surface area contributed by atoms with Crippen molar-refractivity contribution in [3.05, 3.63) is 64.7 Å². The van der Waals surface area contributed by atoms with E-state index in [4.69, 9.17) is 4.18 Å². The van der Waals surface area contributed by atoms with Gasteiger partial charge in [-0.05, 0) is 108 Å². The van der Waals surface area contributed by atoms with E-state index in [1.54, 1.807) is 6.07 Å². The van der Waals surface area contributed by atoms with Crippen LogP contribution in [0.25, 0.3) is 0 Å². The van der Waals surface area contributed by atoms with Crippen LogP contribution >= 0.6 is 0 Å². The summed E-state index contributed by atoms with van der Waals surface area (Å²) in [7, 11) is -3.55. The molecule has 0 bridgehead atoms. The fraction of sp³-hybridized carbons (Fsp3) is 0.538. The molecule has 3 aliphatic rings. The Balaban J connectivity index is 1.46. The molecule has 3 nitrogen and oxygen atoms in total. The maximum atomic E-state index is 14.1. The lowest BCUT2D eigenvalue weighted by Gasteiger charge is -2.54. The molecule has 0 spiro atoms. The summed E-state index contributed by atoms with van der Waals surface area (Å²) in [5, 5.41) is 0. The number of aryl methyl sites for hydroxylation is 1. The molecule has 5 atom stereocenters. The van der Waals surface area contributed by atoms with Gasteiger partial charge in [0.2, 0.25) is 0 Å². The van der Waals surface area contributed by atoms with Gasteiger partial charge in [0, 0.05) is 6.07 Å². The van der Waals surface area contributed by atoms with E-state index in [1.165, 1.54) is 23.3 Å². The van der Waals surface area contributed by atoms with Gasteiger partial charge in [-0.3, -0.25) is 0 Å². The van der Waals surface area contributed by atoms with Crippen LogP contribution in [0.2, 0.25) is 0 Å². The minimum Gasteiger partial charge on any atom is -0.383 e. The molecule has 2 saturated carbocycles. The monoisotopic (exact) mass is 460 g/mol. The summed E-state index contributed by atoms with van der Waals surface area (Å²) in [5.41, 5.74) is 3.03. The topological polar surface area (TPSA) is 43.4 Å². The molecule has 6 heteroatoms. The summed E-state index contributed by atoms with van der Waals surface area (Å²) in [6.45, 7) is 4.54. The van der Waals surface area contributed by atoms with Gasteiger partial charge in [-0.25, -0.2) is 8.78 Å². The largest absolute Gasteiger partial charge is 0.383 e. The number of hydrogen-bond donors (Lipinski definition) is 0. The van der Waals surface area contributed by atoms with Crippen molar-refractivity contribution in [2.75, 3.05) is 6.26 Å². The molecule has 32 heavy (non-hydrogen) atoms. The van der Waals surface area contributed by atoms with Crippen molar-refractivity contribution in [3.63, 3.8) is 0 Å². The number of rotatable bonds is 3. The van der Waals surface area contributed by atoms with Crippen LogP contribution in [0.15, 0.2) is 36.4 Å². The lowest BCUT2D eigenvalue weighted by atomic mass is 9.50. The second kappa shape index (κ2) is 7.28. The van der Waals surface area contributed by atoms with E-state index in [1.807, 2.05) is 12.1 Å². The zero-order valence-electron chi connectivity index (χ0n) is 18.8. The number of benzene rings is 2. The first kappa shape index (κ1) is 21.9. The molecule has 0 heterocycles. The third kappa shape index (κ3) is 3.37. The smallest absolute Gasteiger partial charge is 0.306 e. The molecular formula is C26H30F2O3S. The first-order valence-electron chi connectivity index (χ1n) is 11.5. The molecule has 0 radical (unpaired) electrons. The van der Waals surface area contributed by atoms with Gasteiger partial charge >= 0.3 is 10.1 Å². The van der Waals surface area contributed by atoms with Crippen LogP contribution in [0.3, 0.4) is 0 Å². The molecular weight excluding hydrogens is 430 g/mol. The van der Waals surface area contributed by atoms with Crippen molar-refractivity contribution in [3.8, 4) is 5.75 Å². The molecule has 0 N–H and O–H groups in total. The lowest BCUT2D eigenvalue weighted by Crippen LogP contribution is -2.48. The third-order valence-electron chi connectivity index (χ3n) is 9.05. The molecule has 3 aliphatic carbocycles. The zero-order valence-corrected chi connectivity index (χ0v) is 19.6. The van der Waals surface area contributed by atoms with Crippen molar-refractivity contribution in [1.82, 2.24) is 0 Å². The van der Waals surface area contributed by atoms with E-state index in [2.05, 4.69) is 13.8 Å². The fourth-order valence-corrected chi connectivity index (χ4v) is 7.85. The van der Waals surface area contributed by atoms with Gasteiger partial charge in [-0.1, -0.05) is 19.9 Å². The molecule has 0 aromatic heterocycles. The minimum atomic E-state index is -3.55. The van der Waals surface area contributed by atoms with E-state index >= 15 is 0 Å². The van der Waals surface area contributed by atoms with Gasteiger partial charge in [0.1, 0.15) is 17.4 Å². The Hall–Kier alpha value is -1.95. The van der Waals surface area contributed by atoms with Crippen molar-refractivity contribution < 1.29 is 21.4 Å². The van der Waals surface area contributed by atoms with Crippen molar-refractivity contribution in [2.24, 2.45) is 17.3 Å². The highest BCUT2D eigenvalue weighted by molar-refractivity contribution is 7.86. The first-order valence-corrected chi connectivity index (χ1v) is 13.3. The zero-order chi connectivity index (χ0) is 22.9. The lowest BCUT2D eigenvalue weighted by molar-refractivity contribution is 0.0174. The highest BCUT2D eigenvalue weighted by Crippen LogP contribution is 2.67. The highest BCUT2D eigenvalue weighted by Gasteiger charge is 2.60. The number of fused-ring (bicyclic) bond motifs is 5. The Kier molecular flexibility index (Phi) is 4.97. The molecule has 0 aliphatic heterocycles. The van der Waals surface area contributed by atoms with Gasteiger partial charge in [-0.2, -0.15) is 8.42 Å². The second-order valence-corrected chi connectivity index (χ2v) is 12.1. The second-order valence-electron chi connectivity index (χ2n) is 10.5. The Morgan fingerprint density at radius 1 is 0.969 bits per heavy atom. The van der Waals surface area contributed by atoms with Gasteiger partial charge in [0.05, 0.1) is 6.26 Å². The summed E-state index contributed by atoms with van der Waals surface area (Å²) >= 11 is 0. The third-order valence-corrected chi connectivity index (χ3v) is 9.55. The Morgan fingerprint density at radius 3 is 2.38 bits per heavy atom. The molecule has 5 rings (SSSR count). The van der Waals surface area contributed by atoms with Crippen LogP contribution in [0.5, 0.6) is 5.75 Å². The average molecular weight is 461 g/mol. The standard InChI is InChI=1S/C26H30F2O3S/c1-25(17-13-18(27)15-19(28)14-17)11-9-24-23-6-4-16-12-20(31-32(3,29)30)5-7-21(16)22(23)8-10-26(24,25)2/h5,7,12-15,22-24H,4,6,8-11H2,1-3H3/t22-,23-,24+,25-,26+/m1/s1. The maximum absolute atomic E-state index is 14.1. The van der Waals surface area contributed by atoms with Crippen LogP contribution in [0.1, 0.15) is 68.6 Å². The Morgan fingerprint density at radius 2 is 1.69 bits per heavy atom. The normalized spacial score (nSPS) is 33.8. The minimum absolute atomic E-state index is 0.00869. The van der Waals surface area contributed by atoms with E-state index < -0.39 is 21.8 Å². The van der Waals surface area contributed by atoms with E-state index in [0.29, 0.717) is 23.5 Å². The summed E-state index contributed by atoms with van der Waals surface area (Å²) in [4.78, 5) is 0. The van der Waals surface area contributed by atoms with Gasteiger partial charge in [0.15, 0.2) is 0 Å². The average Bonchev–Trinajstić information content (AvgIpc) is 2.98. The van der Waals surface area contributed by atoms with E-state index in [9.17, 15) is 17.2 Å². The van der Waals surface area contributed by atoms with Crippen LogP contribution in [0, 0.1) is 28.9 Å². The van der Waals surface area contributed by atoms with Crippen molar-refractivity contribution >= 4 is 10.1 Å². The molecule has 2 fully saturated rings. The summed E-state index contributed by atoms with van der Waals surface area (Å²) in [5.74, 6) is 0.852. The van der Waals surface area contributed by atoms with Crippen LogP contribution in [-0.4, -0.2) is 14.7 Å². The van der Waals surface area contributed by atoms with Crippen LogP contribution in [-0.2, 0) is 22.0 Å². The molecule has 0 unspecified atom stereocenters. The maximum Gasteiger partial charge on any atom is 0.306 e. The Bertz CT molecular complexity index is 1160. The molecule has 2 aromatic rings. The van der Waals surface area contributed by atoms with Crippen LogP contribution in [0.4, 0.5) is 8.78 Å². The fourth-order valence-electron chi connectivity index (χ4n) is 7.40. The van der Waals surface area contributed by atoms with Crippen molar-refractivity contribution in [2.45, 2.75) is 63.7 Å². The number of halogens is 2. The van der Waals surface area contributed by atoms with Gasteiger partial charge < -0.3 is 4.18 Å². The summed E-state index contributed by atoms with van der Waals surface area (Å²) in [6, 6.07) is 9.72. The molecule has 172 valence electrons. The SMILES string of the molecule is C[C@]12CC[C@@H]3c4ccc(OS(C)(=O)=O)cc4CC[C@H]3[C@@H]1CC[C@]2(C)c1cc(F)cc(F)c1. The van der Waals surface area contributed by atoms with Gasteiger partial charge in [-0.15, -0.1) is 0 Å². The number of hydrogen-bond acceptors (Lipinski definition) is 3. The van der Waals surface area contributed by atoms with E-state index in [0.717, 1.165) is 56.4 Å². The molecule has 2 aromatic carbocycles. The first-order chi connectivity index (χ1) is 15.0.